The highest BCUT2D eigenvalue weighted by atomic mass is 16.2. The maximum absolute atomic E-state index is 12.3. The van der Waals surface area contributed by atoms with Gasteiger partial charge in [0.1, 0.15) is 5.69 Å². The third-order valence-electron chi connectivity index (χ3n) is 5.66. The minimum atomic E-state index is -0.648. The first-order valence-corrected chi connectivity index (χ1v) is 10.4. The third-order valence-corrected chi connectivity index (χ3v) is 5.66. The Hall–Kier alpha value is -3.66. The molecule has 0 spiro atoms. The van der Waals surface area contributed by atoms with Crippen LogP contribution in [0.1, 0.15) is 41.7 Å². The van der Waals surface area contributed by atoms with Crippen molar-refractivity contribution < 1.29 is 14.4 Å². The number of piperidine rings is 1. The number of hydrogen-bond acceptors (Lipinski definition) is 4. The average molecular weight is 416 g/mol. The van der Waals surface area contributed by atoms with Crippen molar-refractivity contribution in [1.82, 2.24) is 9.88 Å². The van der Waals surface area contributed by atoms with E-state index in [-0.39, 0.29) is 23.4 Å². The van der Waals surface area contributed by atoms with E-state index in [1.54, 1.807) is 29.0 Å². The largest absolute Gasteiger partial charge is 0.364 e. The maximum Gasteiger partial charge on any atom is 0.267 e. The molecule has 7 nitrogen and oxygen atoms in total. The van der Waals surface area contributed by atoms with Gasteiger partial charge in [-0.2, -0.15) is 0 Å². The molecular formula is C24H24N4O3. The monoisotopic (exact) mass is 416 g/mol. The Morgan fingerprint density at radius 1 is 1.16 bits per heavy atom. The van der Waals surface area contributed by atoms with Crippen LogP contribution in [0.25, 0.3) is 11.3 Å². The van der Waals surface area contributed by atoms with E-state index >= 15 is 0 Å². The molecule has 0 radical (unpaired) electrons. The van der Waals surface area contributed by atoms with E-state index in [1.807, 2.05) is 24.3 Å². The second kappa shape index (κ2) is 8.60. The van der Waals surface area contributed by atoms with Crippen LogP contribution in [-0.2, 0) is 9.59 Å². The first-order chi connectivity index (χ1) is 14.9. The summed E-state index contributed by atoms with van der Waals surface area (Å²) in [6, 6.07) is 10.8. The first kappa shape index (κ1) is 20.6. The topological polar surface area (TPSA) is 96.6 Å². The van der Waals surface area contributed by atoms with Gasteiger partial charge in [-0.05, 0) is 43.5 Å². The molecule has 158 valence electrons. The summed E-state index contributed by atoms with van der Waals surface area (Å²) in [4.78, 5) is 44.1. The molecule has 0 saturated carbocycles. The molecule has 31 heavy (non-hydrogen) atoms. The van der Waals surface area contributed by atoms with Crippen molar-refractivity contribution in [3.8, 4) is 23.1 Å². The molecule has 2 fully saturated rings. The number of amides is 3. The molecule has 2 saturated heterocycles. The molecule has 2 aromatic rings. The summed E-state index contributed by atoms with van der Waals surface area (Å²) >= 11 is 0. The van der Waals surface area contributed by atoms with E-state index < -0.39 is 5.91 Å². The van der Waals surface area contributed by atoms with Crippen LogP contribution in [0, 0.1) is 17.8 Å². The molecule has 3 amide bonds. The van der Waals surface area contributed by atoms with E-state index in [4.69, 9.17) is 5.73 Å². The van der Waals surface area contributed by atoms with Crippen molar-refractivity contribution >= 4 is 23.4 Å². The number of aromatic nitrogens is 1. The average Bonchev–Trinajstić information content (AvgIpc) is 3.20. The summed E-state index contributed by atoms with van der Waals surface area (Å²) in [5, 5.41) is 0. The van der Waals surface area contributed by atoms with Gasteiger partial charge in [0.15, 0.2) is 0 Å². The van der Waals surface area contributed by atoms with E-state index in [1.165, 1.54) is 0 Å². The summed E-state index contributed by atoms with van der Waals surface area (Å²) < 4.78 is 0. The SMILES string of the molecule is CN1CCCC(C#Cc2cccc(-c3cc(N4CCCC4=O)cc(C(N)=O)n3)c2)C1=O. The zero-order chi connectivity index (χ0) is 22.0. The predicted molar refractivity (Wildman–Crippen MR) is 117 cm³/mol. The molecule has 0 aliphatic carbocycles. The fraction of sp³-hybridized carbons (Fsp3) is 0.333. The van der Waals surface area contributed by atoms with Crippen LogP contribution < -0.4 is 10.6 Å². The Morgan fingerprint density at radius 3 is 2.74 bits per heavy atom. The van der Waals surface area contributed by atoms with Gasteiger partial charge in [0.2, 0.25) is 11.8 Å². The van der Waals surface area contributed by atoms with Crippen molar-refractivity contribution in [2.24, 2.45) is 11.7 Å². The lowest BCUT2D eigenvalue weighted by molar-refractivity contribution is -0.134. The lowest BCUT2D eigenvalue weighted by atomic mass is 9.97. The lowest BCUT2D eigenvalue weighted by Crippen LogP contribution is -2.37. The molecule has 3 heterocycles. The number of primary amides is 1. The fourth-order valence-electron chi connectivity index (χ4n) is 3.96. The van der Waals surface area contributed by atoms with E-state index in [0.717, 1.165) is 36.9 Å². The van der Waals surface area contributed by atoms with Crippen molar-refractivity contribution in [3.05, 3.63) is 47.7 Å². The third kappa shape index (κ3) is 4.43. The van der Waals surface area contributed by atoms with Crippen LogP contribution in [0.4, 0.5) is 5.69 Å². The Labute approximate surface area is 181 Å². The minimum Gasteiger partial charge on any atom is -0.364 e. The van der Waals surface area contributed by atoms with Crippen molar-refractivity contribution in [1.29, 1.82) is 0 Å². The maximum atomic E-state index is 12.3. The van der Waals surface area contributed by atoms with Crippen LogP contribution in [-0.4, -0.2) is 47.7 Å². The van der Waals surface area contributed by atoms with Gasteiger partial charge in [0.05, 0.1) is 11.6 Å². The first-order valence-electron chi connectivity index (χ1n) is 10.4. The number of benzene rings is 1. The predicted octanol–water partition coefficient (Wildman–Crippen LogP) is 2.19. The summed E-state index contributed by atoms with van der Waals surface area (Å²) in [7, 11) is 1.80. The molecule has 2 N–H and O–H groups in total. The highest BCUT2D eigenvalue weighted by molar-refractivity contribution is 5.98. The zero-order valence-corrected chi connectivity index (χ0v) is 17.4. The van der Waals surface area contributed by atoms with E-state index in [0.29, 0.717) is 24.3 Å². The number of anilines is 1. The van der Waals surface area contributed by atoms with Gasteiger partial charge < -0.3 is 15.5 Å². The highest BCUT2D eigenvalue weighted by Gasteiger charge is 2.25. The molecule has 2 aliphatic rings. The summed E-state index contributed by atoms with van der Waals surface area (Å²) in [6.07, 6.45) is 2.99. The Morgan fingerprint density at radius 2 is 2.00 bits per heavy atom. The molecular weight excluding hydrogens is 392 g/mol. The van der Waals surface area contributed by atoms with Crippen LogP contribution in [0.15, 0.2) is 36.4 Å². The fourth-order valence-corrected chi connectivity index (χ4v) is 3.96. The van der Waals surface area contributed by atoms with Crippen molar-refractivity contribution in [3.63, 3.8) is 0 Å². The number of carbonyl (C=O) groups is 3. The Bertz CT molecular complexity index is 1120. The summed E-state index contributed by atoms with van der Waals surface area (Å²) in [6.45, 7) is 1.38. The van der Waals surface area contributed by atoms with Gasteiger partial charge in [0, 0.05) is 43.4 Å². The number of likely N-dealkylation sites (tertiary alicyclic amines) is 1. The molecule has 1 aromatic heterocycles. The molecule has 1 aromatic carbocycles. The smallest absolute Gasteiger partial charge is 0.267 e. The van der Waals surface area contributed by atoms with Gasteiger partial charge in [-0.3, -0.25) is 14.4 Å². The number of rotatable bonds is 3. The summed E-state index contributed by atoms with van der Waals surface area (Å²) in [5.74, 6) is 5.36. The quantitative estimate of drug-likeness (QED) is 0.776. The van der Waals surface area contributed by atoms with Crippen LogP contribution in [0.3, 0.4) is 0 Å². The zero-order valence-electron chi connectivity index (χ0n) is 17.4. The number of nitrogens with two attached hydrogens (primary N) is 1. The van der Waals surface area contributed by atoms with Gasteiger partial charge >= 0.3 is 0 Å². The van der Waals surface area contributed by atoms with Crippen molar-refractivity contribution in [2.45, 2.75) is 25.7 Å². The lowest BCUT2D eigenvalue weighted by Gasteiger charge is -2.26. The van der Waals surface area contributed by atoms with Gasteiger partial charge in [-0.1, -0.05) is 24.0 Å². The second-order valence-corrected chi connectivity index (χ2v) is 7.91. The van der Waals surface area contributed by atoms with Crippen LogP contribution in [0.2, 0.25) is 0 Å². The Kier molecular flexibility index (Phi) is 5.72. The molecule has 2 aliphatic heterocycles. The highest BCUT2D eigenvalue weighted by Crippen LogP contribution is 2.28. The molecule has 1 atom stereocenters. The Balaban J connectivity index is 1.67. The van der Waals surface area contributed by atoms with Crippen LogP contribution in [0.5, 0.6) is 0 Å². The molecule has 1 unspecified atom stereocenters. The minimum absolute atomic E-state index is 0.0225. The molecule has 7 heteroatoms. The number of carbonyl (C=O) groups excluding carboxylic acids is 3. The van der Waals surface area contributed by atoms with E-state index in [9.17, 15) is 14.4 Å². The van der Waals surface area contributed by atoms with Gasteiger partial charge in [-0.15, -0.1) is 0 Å². The molecule has 0 bridgehead atoms. The standard InChI is InChI=1S/C24H24N4O3/c1-27-11-3-7-17(24(27)31)10-9-16-5-2-6-18(13-16)20-14-19(15-21(26-20)23(25)30)28-12-4-8-22(28)29/h2,5-6,13-15,17H,3-4,7-8,11-12H2,1H3,(H2,25,30). The normalized spacial score (nSPS) is 18.7. The number of pyridine rings is 1. The summed E-state index contributed by atoms with van der Waals surface area (Å²) in [5.41, 5.74) is 8.27. The number of nitrogens with zero attached hydrogens (tertiary/aromatic N) is 3. The second-order valence-electron chi connectivity index (χ2n) is 7.91. The molecule has 4 rings (SSSR count). The van der Waals surface area contributed by atoms with E-state index in [2.05, 4.69) is 16.8 Å². The number of hydrogen-bond donors (Lipinski definition) is 1. The van der Waals surface area contributed by atoms with Gasteiger partial charge in [0.25, 0.3) is 5.91 Å². The van der Waals surface area contributed by atoms with Crippen LogP contribution >= 0.6 is 0 Å². The van der Waals surface area contributed by atoms with Gasteiger partial charge in [-0.25, -0.2) is 4.98 Å². The van der Waals surface area contributed by atoms with Crippen molar-refractivity contribution in [2.75, 3.05) is 25.0 Å².